The van der Waals surface area contributed by atoms with Crippen molar-refractivity contribution in [2.24, 2.45) is 0 Å². The normalized spacial score (nSPS) is 10.1. The molecule has 2 nitrogen and oxygen atoms in total. The molecule has 0 aliphatic rings. The van der Waals surface area contributed by atoms with Crippen molar-refractivity contribution in [3.05, 3.63) is 58.9 Å². The molecular weight excluding hydrogens is 283 g/mol. The van der Waals surface area contributed by atoms with Gasteiger partial charge in [0.25, 0.3) is 0 Å². The van der Waals surface area contributed by atoms with Crippen molar-refractivity contribution in [2.75, 3.05) is 10.6 Å². The number of rotatable bonds is 2. The molecule has 0 spiro atoms. The molecule has 0 radical (unpaired) electrons. The van der Waals surface area contributed by atoms with Crippen LogP contribution in [0.3, 0.4) is 0 Å². The first kappa shape index (κ1) is 13.8. The smallest absolute Gasteiger partial charge is 0.175 e. The number of hydrogen-bond donors (Lipinski definition) is 2. The molecule has 0 amide bonds. The van der Waals surface area contributed by atoms with E-state index in [1.165, 1.54) is 6.07 Å². The molecule has 0 bridgehead atoms. The summed E-state index contributed by atoms with van der Waals surface area (Å²) in [7, 11) is 0. The van der Waals surface area contributed by atoms with Crippen molar-refractivity contribution in [2.45, 2.75) is 6.92 Å². The Balaban J connectivity index is 2.10. The average molecular weight is 295 g/mol. The van der Waals surface area contributed by atoms with Crippen molar-refractivity contribution in [3.8, 4) is 0 Å². The summed E-state index contributed by atoms with van der Waals surface area (Å²) < 4.78 is 13.6. The number of benzene rings is 2. The van der Waals surface area contributed by atoms with Crippen molar-refractivity contribution in [1.82, 2.24) is 0 Å². The molecule has 0 saturated carbocycles. The third-order valence-electron chi connectivity index (χ3n) is 2.49. The van der Waals surface area contributed by atoms with E-state index in [9.17, 15) is 4.39 Å². The third kappa shape index (κ3) is 3.66. The molecule has 0 aliphatic carbocycles. The zero-order valence-corrected chi connectivity index (χ0v) is 11.8. The fourth-order valence-corrected chi connectivity index (χ4v) is 1.98. The Morgan fingerprint density at radius 2 is 1.79 bits per heavy atom. The number of halogens is 2. The molecule has 2 aromatic carbocycles. The lowest BCUT2D eigenvalue weighted by atomic mass is 10.2. The first-order chi connectivity index (χ1) is 9.06. The van der Waals surface area contributed by atoms with E-state index >= 15 is 0 Å². The summed E-state index contributed by atoms with van der Waals surface area (Å²) in [6.45, 7) is 1.88. The van der Waals surface area contributed by atoms with Crippen LogP contribution in [0, 0.1) is 12.7 Å². The average Bonchev–Trinajstić information content (AvgIpc) is 2.37. The zero-order valence-electron chi connectivity index (χ0n) is 10.2. The van der Waals surface area contributed by atoms with Gasteiger partial charge in [0.15, 0.2) is 5.11 Å². The summed E-state index contributed by atoms with van der Waals surface area (Å²) in [5.74, 6) is -0.353. The lowest BCUT2D eigenvalue weighted by Crippen LogP contribution is -2.20. The van der Waals surface area contributed by atoms with Crippen LogP contribution in [0.25, 0.3) is 0 Å². The standard InChI is InChI=1S/C14H12ClFN2S/c1-9-6-7-11(16)13(8-9)18-14(19)17-12-5-3-2-4-10(12)15/h2-8H,1H3,(H2,17,18,19). The monoisotopic (exact) mass is 294 g/mol. The predicted molar refractivity (Wildman–Crippen MR) is 82.4 cm³/mol. The van der Waals surface area contributed by atoms with Crippen LogP contribution in [0.15, 0.2) is 42.5 Å². The molecule has 0 aliphatic heterocycles. The zero-order chi connectivity index (χ0) is 13.8. The van der Waals surface area contributed by atoms with E-state index in [1.807, 2.05) is 19.1 Å². The van der Waals surface area contributed by atoms with Gasteiger partial charge in [-0.2, -0.15) is 0 Å². The Labute approximate surface area is 121 Å². The molecule has 19 heavy (non-hydrogen) atoms. The number of aryl methyl sites for hydroxylation is 1. The largest absolute Gasteiger partial charge is 0.331 e. The number of nitrogens with one attached hydrogen (secondary N) is 2. The molecule has 2 aromatic rings. The quantitative estimate of drug-likeness (QED) is 0.792. The molecule has 98 valence electrons. The van der Waals surface area contributed by atoms with Gasteiger partial charge >= 0.3 is 0 Å². The van der Waals surface area contributed by atoms with Gasteiger partial charge in [0.05, 0.1) is 16.4 Å². The Morgan fingerprint density at radius 3 is 2.53 bits per heavy atom. The van der Waals surface area contributed by atoms with Crippen molar-refractivity contribution in [3.63, 3.8) is 0 Å². The number of para-hydroxylation sites is 1. The SMILES string of the molecule is Cc1ccc(F)c(NC(=S)Nc2ccccc2Cl)c1. The molecule has 0 fully saturated rings. The number of hydrogen-bond acceptors (Lipinski definition) is 1. The Bertz CT molecular complexity index is 616. The number of anilines is 2. The van der Waals surface area contributed by atoms with E-state index in [4.69, 9.17) is 23.8 Å². The summed E-state index contributed by atoms with van der Waals surface area (Å²) in [4.78, 5) is 0. The first-order valence-electron chi connectivity index (χ1n) is 5.65. The van der Waals surface area contributed by atoms with Gasteiger partial charge in [-0.1, -0.05) is 29.8 Å². The maximum absolute atomic E-state index is 13.6. The molecule has 2 N–H and O–H groups in total. The Hall–Kier alpha value is -1.65. The van der Waals surface area contributed by atoms with E-state index in [-0.39, 0.29) is 10.9 Å². The Morgan fingerprint density at radius 1 is 1.11 bits per heavy atom. The minimum absolute atomic E-state index is 0.289. The molecule has 5 heteroatoms. The highest BCUT2D eigenvalue weighted by Gasteiger charge is 2.06. The fourth-order valence-electron chi connectivity index (χ4n) is 1.57. The van der Waals surface area contributed by atoms with Gasteiger partial charge in [0, 0.05) is 0 Å². The van der Waals surface area contributed by atoms with Gasteiger partial charge in [-0.15, -0.1) is 0 Å². The van der Waals surface area contributed by atoms with Gasteiger partial charge in [-0.25, -0.2) is 4.39 Å². The highest BCUT2D eigenvalue weighted by molar-refractivity contribution is 7.80. The van der Waals surface area contributed by atoms with Gasteiger partial charge < -0.3 is 10.6 Å². The summed E-state index contributed by atoms with van der Waals surface area (Å²) in [6, 6.07) is 12.0. The summed E-state index contributed by atoms with van der Waals surface area (Å²) in [5, 5.41) is 6.58. The molecule has 0 saturated heterocycles. The second-order valence-electron chi connectivity index (χ2n) is 4.04. The minimum Gasteiger partial charge on any atom is -0.331 e. The summed E-state index contributed by atoms with van der Waals surface area (Å²) >= 11 is 11.1. The lowest BCUT2D eigenvalue weighted by molar-refractivity contribution is 0.632. The van der Waals surface area contributed by atoms with Crippen LogP contribution < -0.4 is 10.6 Å². The van der Waals surface area contributed by atoms with E-state index in [2.05, 4.69) is 10.6 Å². The van der Waals surface area contributed by atoms with Gasteiger partial charge in [-0.05, 0) is 49.0 Å². The van der Waals surface area contributed by atoms with E-state index in [0.717, 1.165) is 5.56 Å². The molecule has 0 unspecified atom stereocenters. The van der Waals surface area contributed by atoms with Crippen LogP contribution in [0.1, 0.15) is 5.56 Å². The minimum atomic E-state index is -0.353. The highest BCUT2D eigenvalue weighted by atomic mass is 35.5. The van der Waals surface area contributed by atoms with E-state index < -0.39 is 0 Å². The first-order valence-corrected chi connectivity index (χ1v) is 6.43. The molecule has 0 aromatic heterocycles. The highest BCUT2D eigenvalue weighted by Crippen LogP contribution is 2.21. The Kier molecular flexibility index (Phi) is 4.35. The van der Waals surface area contributed by atoms with Crippen LogP contribution in [0.2, 0.25) is 5.02 Å². The maximum atomic E-state index is 13.6. The van der Waals surface area contributed by atoms with E-state index in [0.29, 0.717) is 16.4 Å². The van der Waals surface area contributed by atoms with Crippen LogP contribution >= 0.6 is 23.8 Å². The van der Waals surface area contributed by atoms with Crippen molar-refractivity contribution < 1.29 is 4.39 Å². The van der Waals surface area contributed by atoms with Gasteiger partial charge in [-0.3, -0.25) is 0 Å². The van der Waals surface area contributed by atoms with Gasteiger partial charge in [0.1, 0.15) is 5.82 Å². The molecular formula is C14H12ClFN2S. The van der Waals surface area contributed by atoms with Gasteiger partial charge in [0.2, 0.25) is 0 Å². The summed E-state index contributed by atoms with van der Waals surface area (Å²) in [5.41, 5.74) is 1.96. The van der Waals surface area contributed by atoms with Crippen LogP contribution in [-0.2, 0) is 0 Å². The molecule has 0 heterocycles. The second-order valence-corrected chi connectivity index (χ2v) is 4.86. The van der Waals surface area contributed by atoms with E-state index in [1.54, 1.807) is 24.3 Å². The van der Waals surface area contributed by atoms with Crippen LogP contribution in [0.4, 0.5) is 15.8 Å². The van der Waals surface area contributed by atoms with Crippen LogP contribution in [0.5, 0.6) is 0 Å². The number of thiocarbonyl (C=S) groups is 1. The lowest BCUT2D eigenvalue weighted by Gasteiger charge is -2.12. The molecule has 2 rings (SSSR count). The summed E-state index contributed by atoms with van der Waals surface area (Å²) in [6.07, 6.45) is 0. The predicted octanol–water partition coefficient (Wildman–Crippen LogP) is 4.60. The van der Waals surface area contributed by atoms with Crippen molar-refractivity contribution in [1.29, 1.82) is 0 Å². The van der Waals surface area contributed by atoms with Crippen molar-refractivity contribution >= 4 is 40.3 Å². The second kappa shape index (κ2) is 5.99. The maximum Gasteiger partial charge on any atom is 0.175 e. The third-order valence-corrected chi connectivity index (χ3v) is 3.03. The topological polar surface area (TPSA) is 24.1 Å². The van der Waals surface area contributed by atoms with Crippen LogP contribution in [-0.4, -0.2) is 5.11 Å². The molecule has 0 atom stereocenters. The fraction of sp³-hybridized carbons (Fsp3) is 0.0714.